The Bertz CT molecular complexity index is 882. The number of carbonyl (C=O) groups is 1. The van der Waals surface area contributed by atoms with Gasteiger partial charge in [-0.05, 0) is 30.5 Å². The summed E-state index contributed by atoms with van der Waals surface area (Å²) in [5.41, 5.74) is 1.88. The number of benzene rings is 2. The Hall–Kier alpha value is -2.66. The van der Waals surface area contributed by atoms with E-state index in [1.807, 2.05) is 19.9 Å². The molecule has 1 amide bonds. The Balaban J connectivity index is 2.35. The molecule has 0 aliphatic heterocycles. The van der Waals surface area contributed by atoms with Crippen molar-refractivity contribution in [3.8, 4) is 0 Å². The highest BCUT2D eigenvalue weighted by Gasteiger charge is 2.21. The van der Waals surface area contributed by atoms with Crippen molar-refractivity contribution in [2.45, 2.75) is 18.7 Å². The highest BCUT2D eigenvalue weighted by Crippen LogP contribution is 2.19. The largest absolute Gasteiger partial charge is 0.268 e. The van der Waals surface area contributed by atoms with Gasteiger partial charge >= 0.3 is 0 Å². The van der Waals surface area contributed by atoms with Crippen LogP contribution in [0.2, 0.25) is 0 Å². The van der Waals surface area contributed by atoms with Gasteiger partial charge in [-0.2, -0.15) is 0 Å². The average molecular weight is 355 g/mol. The monoisotopic (exact) mass is 355 g/mol. The van der Waals surface area contributed by atoms with Crippen molar-refractivity contribution in [2.75, 3.05) is 0 Å². The fraction of sp³-hybridized carbons (Fsp3) is 0.150. The van der Waals surface area contributed by atoms with Crippen LogP contribution in [0.3, 0.4) is 0 Å². The second-order valence-electron chi connectivity index (χ2n) is 5.79. The molecule has 2 rings (SSSR count). The first-order valence-corrected chi connectivity index (χ1v) is 9.35. The Labute approximate surface area is 149 Å². The zero-order valence-electron chi connectivity index (χ0n) is 14.3. The zero-order chi connectivity index (χ0) is 18.4. The first-order chi connectivity index (χ1) is 11.8. The minimum Gasteiger partial charge on any atom is -0.268 e. The van der Waals surface area contributed by atoms with Crippen LogP contribution in [0.5, 0.6) is 0 Å². The molecule has 0 aliphatic rings. The molecule has 0 aromatic heterocycles. The number of allylic oxidation sites excluding steroid dienone is 2. The lowest BCUT2D eigenvalue weighted by atomic mass is 10.0. The quantitative estimate of drug-likeness (QED) is 0.635. The van der Waals surface area contributed by atoms with E-state index < -0.39 is 15.9 Å². The number of aryl methyl sites for hydroxylation is 1. The van der Waals surface area contributed by atoms with E-state index in [9.17, 15) is 13.2 Å². The van der Waals surface area contributed by atoms with Crippen molar-refractivity contribution >= 4 is 21.5 Å². The molecule has 1 unspecified atom stereocenters. The summed E-state index contributed by atoms with van der Waals surface area (Å²) < 4.78 is 27.1. The fourth-order valence-electron chi connectivity index (χ4n) is 2.21. The molecule has 0 radical (unpaired) electrons. The molecule has 2 aromatic rings. The van der Waals surface area contributed by atoms with Gasteiger partial charge in [-0.3, -0.25) is 4.79 Å². The minimum atomic E-state index is -3.94. The summed E-state index contributed by atoms with van der Waals surface area (Å²) in [6.45, 7) is 7.44. The Morgan fingerprint density at radius 1 is 1.08 bits per heavy atom. The van der Waals surface area contributed by atoms with E-state index in [-0.39, 0.29) is 10.8 Å². The van der Waals surface area contributed by atoms with Crippen LogP contribution in [0.15, 0.2) is 78.2 Å². The molecule has 130 valence electrons. The van der Waals surface area contributed by atoms with Gasteiger partial charge in [0.05, 0.1) is 4.90 Å². The summed E-state index contributed by atoms with van der Waals surface area (Å²) in [5, 5.41) is 0. The molecule has 2 aromatic carbocycles. The molecule has 1 atom stereocenters. The number of sulfonamides is 1. The van der Waals surface area contributed by atoms with E-state index >= 15 is 0 Å². The number of hydrogen-bond acceptors (Lipinski definition) is 3. The van der Waals surface area contributed by atoms with E-state index in [2.05, 4.69) is 11.3 Å². The van der Waals surface area contributed by atoms with Gasteiger partial charge in [0.1, 0.15) is 0 Å². The SMILES string of the molecule is C=CC(C)/C=C(\C(=O)NS(=O)(=O)c1ccc(C)cc1)c1ccccc1. The molecule has 0 spiro atoms. The number of amides is 1. The number of carbonyl (C=O) groups excluding carboxylic acids is 1. The Morgan fingerprint density at radius 3 is 2.24 bits per heavy atom. The van der Waals surface area contributed by atoms with E-state index in [1.165, 1.54) is 12.1 Å². The van der Waals surface area contributed by atoms with Crippen LogP contribution in [-0.2, 0) is 14.8 Å². The maximum absolute atomic E-state index is 12.7. The standard InChI is InChI=1S/C20H21NO3S/c1-4-15(2)14-19(17-8-6-5-7-9-17)20(22)21-25(23,24)18-12-10-16(3)11-13-18/h4-15H,1H2,2-3H3,(H,21,22)/b19-14-. The van der Waals surface area contributed by atoms with Crippen LogP contribution in [0.1, 0.15) is 18.1 Å². The lowest BCUT2D eigenvalue weighted by Gasteiger charge is -2.12. The first-order valence-electron chi connectivity index (χ1n) is 7.87. The zero-order valence-corrected chi connectivity index (χ0v) is 15.1. The van der Waals surface area contributed by atoms with Gasteiger partial charge in [0.25, 0.3) is 15.9 Å². The minimum absolute atomic E-state index is 0.0515. The molecule has 0 saturated heterocycles. The second-order valence-corrected chi connectivity index (χ2v) is 7.47. The van der Waals surface area contributed by atoms with Crippen LogP contribution >= 0.6 is 0 Å². The van der Waals surface area contributed by atoms with Crippen LogP contribution in [-0.4, -0.2) is 14.3 Å². The van der Waals surface area contributed by atoms with Gasteiger partial charge in [-0.15, -0.1) is 6.58 Å². The van der Waals surface area contributed by atoms with Crippen molar-refractivity contribution in [1.82, 2.24) is 4.72 Å². The topological polar surface area (TPSA) is 63.2 Å². The van der Waals surface area contributed by atoms with Crippen molar-refractivity contribution in [3.63, 3.8) is 0 Å². The highest BCUT2D eigenvalue weighted by atomic mass is 32.2. The van der Waals surface area contributed by atoms with Crippen molar-refractivity contribution in [3.05, 3.63) is 84.5 Å². The van der Waals surface area contributed by atoms with Crippen molar-refractivity contribution < 1.29 is 13.2 Å². The summed E-state index contributed by atoms with van der Waals surface area (Å²) in [7, 11) is -3.94. The highest BCUT2D eigenvalue weighted by molar-refractivity contribution is 7.90. The lowest BCUT2D eigenvalue weighted by Crippen LogP contribution is -2.31. The summed E-state index contributed by atoms with van der Waals surface area (Å²) in [6, 6.07) is 15.3. The molecule has 0 heterocycles. The molecule has 1 N–H and O–H groups in total. The predicted molar refractivity (Wildman–Crippen MR) is 100 cm³/mol. The summed E-state index contributed by atoms with van der Waals surface area (Å²) >= 11 is 0. The lowest BCUT2D eigenvalue weighted by molar-refractivity contribution is -0.114. The normalized spacial score (nSPS) is 13.1. The summed E-state index contributed by atoms with van der Waals surface area (Å²) in [6.07, 6.45) is 3.38. The molecule has 0 saturated carbocycles. The molecule has 0 aliphatic carbocycles. The van der Waals surface area contributed by atoms with E-state index in [0.29, 0.717) is 11.1 Å². The van der Waals surface area contributed by atoms with Crippen LogP contribution in [0.4, 0.5) is 0 Å². The van der Waals surface area contributed by atoms with Crippen LogP contribution < -0.4 is 4.72 Å². The maximum Gasteiger partial charge on any atom is 0.265 e. The van der Waals surface area contributed by atoms with Gasteiger partial charge in [0.15, 0.2) is 0 Å². The Morgan fingerprint density at radius 2 is 1.68 bits per heavy atom. The van der Waals surface area contributed by atoms with Gasteiger partial charge in [0.2, 0.25) is 0 Å². The fourth-order valence-corrected chi connectivity index (χ4v) is 3.17. The third kappa shape index (κ3) is 4.90. The molecule has 25 heavy (non-hydrogen) atoms. The first kappa shape index (κ1) is 18.7. The molecule has 0 fully saturated rings. The molecular weight excluding hydrogens is 334 g/mol. The molecular formula is C20H21NO3S. The van der Waals surface area contributed by atoms with Gasteiger partial charge in [-0.1, -0.05) is 67.1 Å². The van der Waals surface area contributed by atoms with Gasteiger partial charge < -0.3 is 0 Å². The summed E-state index contributed by atoms with van der Waals surface area (Å²) in [5.74, 6) is -0.747. The number of hydrogen-bond donors (Lipinski definition) is 1. The maximum atomic E-state index is 12.7. The third-order valence-corrected chi connectivity index (χ3v) is 5.04. The van der Waals surface area contributed by atoms with Crippen LogP contribution in [0.25, 0.3) is 5.57 Å². The Kier molecular flexibility index (Phi) is 5.93. The molecule has 5 heteroatoms. The van der Waals surface area contributed by atoms with Crippen molar-refractivity contribution in [1.29, 1.82) is 0 Å². The molecule has 4 nitrogen and oxygen atoms in total. The van der Waals surface area contributed by atoms with Gasteiger partial charge in [-0.25, -0.2) is 13.1 Å². The smallest absolute Gasteiger partial charge is 0.265 e. The number of nitrogens with one attached hydrogen (secondary N) is 1. The third-order valence-electron chi connectivity index (χ3n) is 3.69. The van der Waals surface area contributed by atoms with Crippen LogP contribution in [0, 0.1) is 12.8 Å². The second kappa shape index (κ2) is 7.94. The average Bonchev–Trinajstić information content (AvgIpc) is 2.60. The van der Waals surface area contributed by atoms with E-state index in [1.54, 1.807) is 48.6 Å². The van der Waals surface area contributed by atoms with Gasteiger partial charge in [0, 0.05) is 5.57 Å². The predicted octanol–water partition coefficient (Wildman–Crippen LogP) is 3.71. The van der Waals surface area contributed by atoms with E-state index in [0.717, 1.165) is 5.56 Å². The van der Waals surface area contributed by atoms with Crippen molar-refractivity contribution in [2.24, 2.45) is 5.92 Å². The number of rotatable bonds is 6. The summed E-state index contributed by atoms with van der Waals surface area (Å²) in [4.78, 5) is 12.7. The van der Waals surface area contributed by atoms with E-state index in [4.69, 9.17) is 0 Å². The molecule has 0 bridgehead atoms.